The molecule has 0 bridgehead atoms. The summed E-state index contributed by atoms with van der Waals surface area (Å²) in [4.78, 5) is 46.0. The van der Waals surface area contributed by atoms with Gasteiger partial charge in [0.25, 0.3) is 5.56 Å². The molecular formula is C27H31N5O3. The number of rotatable bonds is 9. The SMILES string of the molecule is CC(C)CCN(C(=O)CCc1c[nH]c2ccccc12)c1c(N)n(Cc2ccccc2)c(=O)[nH]c1=O. The number of aromatic amines is 2. The number of aromatic nitrogens is 3. The predicted molar refractivity (Wildman–Crippen MR) is 140 cm³/mol. The van der Waals surface area contributed by atoms with Gasteiger partial charge in [0.05, 0.1) is 6.54 Å². The molecule has 0 saturated heterocycles. The molecule has 2 aromatic carbocycles. The monoisotopic (exact) mass is 473 g/mol. The first-order valence-corrected chi connectivity index (χ1v) is 11.9. The van der Waals surface area contributed by atoms with E-state index in [4.69, 9.17) is 5.73 Å². The molecule has 0 spiro atoms. The highest BCUT2D eigenvalue weighted by Crippen LogP contribution is 2.23. The highest BCUT2D eigenvalue weighted by atomic mass is 16.2. The third-order valence-corrected chi connectivity index (χ3v) is 6.18. The number of carbonyl (C=O) groups is 1. The zero-order chi connectivity index (χ0) is 24.9. The lowest BCUT2D eigenvalue weighted by Crippen LogP contribution is -2.42. The first-order valence-electron chi connectivity index (χ1n) is 11.9. The van der Waals surface area contributed by atoms with Crippen LogP contribution in [-0.4, -0.2) is 27.0 Å². The molecule has 0 unspecified atom stereocenters. The predicted octanol–water partition coefficient (Wildman–Crippen LogP) is 3.66. The minimum atomic E-state index is -0.652. The van der Waals surface area contributed by atoms with Gasteiger partial charge < -0.3 is 15.6 Å². The van der Waals surface area contributed by atoms with Crippen LogP contribution in [0.25, 0.3) is 10.9 Å². The van der Waals surface area contributed by atoms with Crippen LogP contribution < -0.4 is 21.9 Å². The van der Waals surface area contributed by atoms with Gasteiger partial charge in [-0.2, -0.15) is 0 Å². The molecule has 1 amide bonds. The van der Waals surface area contributed by atoms with Crippen LogP contribution in [0.3, 0.4) is 0 Å². The van der Waals surface area contributed by atoms with Crippen molar-refractivity contribution >= 4 is 28.3 Å². The summed E-state index contributed by atoms with van der Waals surface area (Å²) in [5, 5.41) is 1.07. The minimum absolute atomic E-state index is 0.00759. The molecule has 4 N–H and O–H groups in total. The lowest BCUT2D eigenvalue weighted by molar-refractivity contribution is -0.118. The average molecular weight is 474 g/mol. The highest BCUT2D eigenvalue weighted by Gasteiger charge is 2.24. The van der Waals surface area contributed by atoms with Crippen molar-refractivity contribution in [3.63, 3.8) is 0 Å². The summed E-state index contributed by atoms with van der Waals surface area (Å²) in [5.41, 5.74) is 8.08. The number of nitrogens with zero attached hydrogens (tertiary/aromatic N) is 2. The molecule has 4 rings (SSSR count). The van der Waals surface area contributed by atoms with Crippen molar-refractivity contribution in [3.05, 3.63) is 92.8 Å². The molecule has 0 aliphatic heterocycles. The Morgan fingerprint density at radius 2 is 1.77 bits per heavy atom. The molecule has 8 heteroatoms. The van der Waals surface area contributed by atoms with E-state index in [-0.39, 0.29) is 30.4 Å². The van der Waals surface area contributed by atoms with Crippen LogP contribution in [0.5, 0.6) is 0 Å². The number of carbonyl (C=O) groups excluding carboxylic acids is 1. The van der Waals surface area contributed by atoms with Gasteiger partial charge in [-0.1, -0.05) is 62.4 Å². The molecule has 4 aromatic rings. The van der Waals surface area contributed by atoms with Crippen LogP contribution in [0.1, 0.15) is 37.8 Å². The zero-order valence-corrected chi connectivity index (χ0v) is 20.1. The number of nitrogens with two attached hydrogens (primary N) is 1. The number of hydrogen-bond acceptors (Lipinski definition) is 4. The Labute approximate surface area is 203 Å². The normalized spacial score (nSPS) is 11.3. The van der Waals surface area contributed by atoms with Crippen LogP contribution >= 0.6 is 0 Å². The maximum Gasteiger partial charge on any atom is 0.330 e. The number of anilines is 2. The van der Waals surface area contributed by atoms with Crippen molar-refractivity contribution in [2.45, 2.75) is 39.7 Å². The van der Waals surface area contributed by atoms with E-state index in [1.807, 2.05) is 60.8 Å². The first kappa shape index (κ1) is 24.1. The summed E-state index contributed by atoms with van der Waals surface area (Å²) in [6, 6.07) is 17.3. The van der Waals surface area contributed by atoms with Crippen molar-refractivity contribution in [2.75, 3.05) is 17.2 Å². The number of benzene rings is 2. The summed E-state index contributed by atoms with van der Waals surface area (Å²) in [6.45, 7) is 4.63. The molecule has 182 valence electrons. The second-order valence-corrected chi connectivity index (χ2v) is 9.15. The van der Waals surface area contributed by atoms with Gasteiger partial charge in [0.1, 0.15) is 5.82 Å². The van der Waals surface area contributed by atoms with Crippen molar-refractivity contribution in [2.24, 2.45) is 5.92 Å². The number of aryl methyl sites for hydroxylation is 1. The molecule has 2 heterocycles. The van der Waals surface area contributed by atoms with Gasteiger partial charge in [-0.05, 0) is 36.0 Å². The third-order valence-electron chi connectivity index (χ3n) is 6.18. The second-order valence-electron chi connectivity index (χ2n) is 9.15. The van der Waals surface area contributed by atoms with Crippen LogP contribution in [0, 0.1) is 5.92 Å². The van der Waals surface area contributed by atoms with Crippen LogP contribution in [0.2, 0.25) is 0 Å². The fourth-order valence-electron chi connectivity index (χ4n) is 4.22. The summed E-state index contributed by atoms with van der Waals surface area (Å²) in [6.07, 6.45) is 3.33. The summed E-state index contributed by atoms with van der Waals surface area (Å²) >= 11 is 0. The lowest BCUT2D eigenvalue weighted by Gasteiger charge is -2.25. The van der Waals surface area contributed by atoms with Crippen LogP contribution in [0.15, 0.2) is 70.4 Å². The fourth-order valence-corrected chi connectivity index (χ4v) is 4.22. The molecule has 0 aliphatic rings. The average Bonchev–Trinajstić information content (AvgIpc) is 3.26. The Balaban J connectivity index is 1.66. The molecule has 2 aromatic heterocycles. The number of fused-ring (bicyclic) bond motifs is 1. The maximum absolute atomic E-state index is 13.5. The highest BCUT2D eigenvalue weighted by molar-refractivity contribution is 5.96. The molecule has 8 nitrogen and oxygen atoms in total. The van der Waals surface area contributed by atoms with E-state index in [9.17, 15) is 14.4 Å². The number of nitrogen functional groups attached to an aromatic ring is 1. The van der Waals surface area contributed by atoms with Crippen molar-refractivity contribution < 1.29 is 4.79 Å². The Bertz CT molecular complexity index is 1430. The Morgan fingerprint density at radius 1 is 1.06 bits per heavy atom. The first-order chi connectivity index (χ1) is 16.8. The fraction of sp³-hybridized carbons (Fsp3) is 0.296. The van der Waals surface area contributed by atoms with E-state index in [0.29, 0.717) is 25.3 Å². The maximum atomic E-state index is 13.5. The number of H-pyrrole nitrogens is 2. The molecule has 0 atom stereocenters. The molecule has 35 heavy (non-hydrogen) atoms. The second kappa shape index (κ2) is 10.5. The van der Waals surface area contributed by atoms with Crippen LogP contribution in [-0.2, 0) is 17.8 Å². The molecular weight excluding hydrogens is 442 g/mol. The smallest absolute Gasteiger partial charge is 0.330 e. The Hall–Kier alpha value is -4.07. The topological polar surface area (TPSA) is 117 Å². The Kier molecular flexibility index (Phi) is 7.19. The summed E-state index contributed by atoms with van der Waals surface area (Å²) in [5.74, 6) is 0.0966. The standard InChI is InChI=1S/C27H31N5O3/c1-18(2)14-15-31(23(33)13-12-20-16-29-22-11-7-6-10-21(20)22)24-25(28)32(27(35)30-26(24)34)17-19-8-4-3-5-9-19/h3-11,16,18,29H,12-15,17,28H2,1-2H3,(H,30,34,35). The van der Waals surface area contributed by atoms with E-state index < -0.39 is 11.2 Å². The summed E-state index contributed by atoms with van der Waals surface area (Å²) in [7, 11) is 0. The lowest BCUT2D eigenvalue weighted by atomic mass is 10.1. The molecule has 0 aliphatic carbocycles. The minimum Gasteiger partial charge on any atom is -0.383 e. The third kappa shape index (κ3) is 5.37. The van der Waals surface area contributed by atoms with Crippen molar-refractivity contribution in [1.29, 1.82) is 0 Å². The van der Waals surface area contributed by atoms with Gasteiger partial charge in [-0.3, -0.25) is 19.1 Å². The molecule has 0 saturated carbocycles. The van der Waals surface area contributed by atoms with E-state index in [1.54, 1.807) is 0 Å². The summed E-state index contributed by atoms with van der Waals surface area (Å²) < 4.78 is 1.31. The van der Waals surface area contributed by atoms with Gasteiger partial charge in [0.2, 0.25) is 5.91 Å². The van der Waals surface area contributed by atoms with Gasteiger partial charge in [0, 0.05) is 30.1 Å². The Morgan fingerprint density at radius 3 is 2.51 bits per heavy atom. The zero-order valence-electron chi connectivity index (χ0n) is 20.1. The van der Waals surface area contributed by atoms with E-state index >= 15 is 0 Å². The van der Waals surface area contributed by atoms with Gasteiger partial charge in [0.15, 0.2) is 5.69 Å². The van der Waals surface area contributed by atoms with E-state index in [2.05, 4.69) is 23.8 Å². The molecule has 0 radical (unpaired) electrons. The number of amides is 1. The van der Waals surface area contributed by atoms with Crippen molar-refractivity contribution in [1.82, 2.24) is 14.5 Å². The van der Waals surface area contributed by atoms with E-state index in [0.717, 1.165) is 22.0 Å². The van der Waals surface area contributed by atoms with Crippen molar-refractivity contribution in [3.8, 4) is 0 Å². The number of para-hydroxylation sites is 1. The van der Waals surface area contributed by atoms with E-state index in [1.165, 1.54) is 9.47 Å². The quantitative estimate of drug-likeness (QED) is 0.344. The largest absolute Gasteiger partial charge is 0.383 e. The van der Waals surface area contributed by atoms with Crippen LogP contribution in [0.4, 0.5) is 11.5 Å². The molecule has 0 fully saturated rings. The number of nitrogens with one attached hydrogen (secondary N) is 2. The number of hydrogen-bond donors (Lipinski definition) is 3. The van der Waals surface area contributed by atoms with Gasteiger partial charge in [-0.25, -0.2) is 4.79 Å². The van der Waals surface area contributed by atoms with Gasteiger partial charge >= 0.3 is 5.69 Å². The van der Waals surface area contributed by atoms with Gasteiger partial charge in [-0.15, -0.1) is 0 Å².